The molecule has 0 amide bonds. The van der Waals surface area contributed by atoms with E-state index in [9.17, 15) is 0 Å². The normalized spacial score (nSPS) is 10.5. The van der Waals surface area contributed by atoms with Crippen LogP contribution in [0.5, 0.6) is 5.75 Å². The fourth-order valence-electron chi connectivity index (χ4n) is 1.58. The van der Waals surface area contributed by atoms with Gasteiger partial charge >= 0.3 is 0 Å². The molecule has 0 spiro atoms. The fourth-order valence-corrected chi connectivity index (χ4v) is 1.58. The number of benzene rings is 1. The SMILES string of the molecule is CCOc1ccc(-c2nc(CN)n(C)n2)cc1. The molecule has 2 N–H and O–H groups in total. The molecule has 0 saturated carbocycles. The molecular weight excluding hydrogens is 216 g/mol. The van der Waals surface area contributed by atoms with Crippen LogP contribution >= 0.6 is 0 Å². The van der Waals surface area contributed by atoms with E-state index in [0.717, 1.165) is 17.1 Å². The molecule has 1 heterocycles. The van der Waals surface area contributed by atoms with Crippen LogP contribution in [0.25, 0.3) is 11.4 Å². The maximum absolute atomic E-state index is 5.56. The largest absolute Gasteiger partial charge is 0.494 e. The first-order chi connectivity index (χ1) is 8.24. The summed E-state index contributed by atoms with van der Waals surface area (Å²) in [7, 11) is 1.84. The minimum Gasteiger partial charge on any atom is -0.494 e. The first-order valence-electron chi connectivity index (χ1n) is 5.57. The van der Waals surface area contributed by atoms with Crippen molar-refractivity contribution >= 4 is 0 Å². The minimum absolute atomic E-state index is 0.389. The van der Waals surface area contributed by atoms with Crippen molar-refractivity contribution in [2.24, 2.45) is 12.8 Å². The summed E-state index contributed by atoms with van der Waals surface area (Å²) >= 11 is 0. The van der Waals surface area contributed by atoms with Crippen molar-refractivity contribution < 1.29 is 4.74 Å². The first-order valence-corrected chi connectivity index (χ1v) is 5.57. The molecule has 5 heteroatoms. The molecule has 0 aliphatic carbocycles. The molecular formula is C12H16N4O. The third kappa shape index (κ3) is 2.45. The van der Waals surface area contributed by atoms with Crippen LogP contribution in [-0.2, 0) is 13.6 Å². The van der Waals surface area contributed by atoms with E-state index in [2.05, 4.69) is 10.1 Å². The Hall–Kier alpha value is -1.88. The number of aromatic nitrogens is 3. The predicted molar refractivity (Wildman–Crippen MR) is 65.5 cm³/mol. The van der Waals surface area contributed by atoms with Gasteiger partial charge in [0, 0.05) is 12.6 Å². The highest BCUT2D eigenvalue weighted by Gasteiger charge is 2.07. The third-order valence-electron chi connectivity index (χ3n) is 2.46. The second-order valence-electron chi connectivity index (χ2n) is 3.64. The summed E-state index contributed by atoms with van der Waals surface area (Å²) in [5, 5.41) is 4.31. The molecule has 0 aliphatic rings. The second kappa shape index (κ2) is 4.97. The van der Waals surface area contributed by atoms with Crippen molar-refractivity contribution in [3.8, 4) is 17.1 Å². The van der Waals surface area contributed by atoms with Gasteiger partial charge in [-0.1, -0.05) is 0 Å². The van der Waals surface area contributed by atoms with Crippen molar-refractivity contribution in [3.63, 3.8) is 0 Å². The van der Waals surface area contributed by atoms with Crippen LogP contribution in [0.1, 0.15) is 12.7 Å². The lowest BCUT2D eigenvalue weighted by molar-refractivity contribution is 0.340. The predicted octanol–water partition coefficient (Wildman–Crippen LogP) is 1.34. The topological polar surface area (TPSA) is 66.0 Å². The Balaban J connectivity index is 2.26. The van der Waals surface area contributed by atoms with Gasteiger partial charge in [0.05, 0.1) is 13.2 Å². The lowest BCUT2D eigenvalue weighted by Crippen LogP contribution is -2.05. The fraction of sp³-hybridized carbons (Fsp3) is 0.333. The molecule has 0 unspecified atom stereocenters. The zero-order chi connectivity index (χ0) is 12.3. The molecule has 0 saturated heterocycles. The van der Waals surface area contributed by atoms with Gasteiger partial charge in [0.15, 0.2) is 5.82 Å². The Bertz CT molecular complexity index is 490. The van der Waals surface area contributed by atoms with E-state index in [1.165, 1.54) is 0 Å². The summed E-state index contributed by atoms with van der Waals surface area (Å²) in [5.74, 6) is 2.32. The quantitative estimate of drug-likeness (QED) is 0.863. The highest BCUT2D eigenvalue weighted by Crippen LogP contribution is 2.19. The maximum Gasteiger partial charge on any atom is 0.181 e. The van der Waals surface area contributed by atoms with Gasteiger partial charge in [-0.2, -0.15) is 5.10 Å². The standard InChI is InChI=1S/C12H16N4O/c1-3-17-10-6-4-9(5-7-10)12-14-11(8-13)16(2)15-12/h4-7H,3,8,13H2,1-2H3. The van der Waals surface area contributed by atoms with Crippen LogP contribution in [0.2, 0.25) is 0 Å². The lowest BCUT2D eigenvalue weighted by atomic mass is 10.2. The molecule has 0 radical (unpaired) electrons. The van der Waals surface area contributed by atoms with Crippen LogP contribution in [0.15, 0.2) is 24.3 Å². The Morgan fingerprint density at radius 2 is 2.00 bits per heavy atom. The van der Waals surface area contributed by atoms with E-state index in [0.29, 0.717) is 19.0 Å². The summed E-state index contributed by atoms with van der Waals surface area (Å²) < 4.78 is 7.08. The average molecular weight is 232 g/mol. The van der Waals surface area contributed by atoms with Crippen LogP contribution in [0, 0.1) is 0 Å². The highest BCUT2D eigenvalue weighted by atomic mass is 16.5. The van der Waals surface area contributed by atoms with Gasteiger partial charge in [0.1, 0.15) is 11.6 Å². The van der Waals surface area contributed by atoms with Crippen molar-refractivity contribution in [1.29, 1.82) is 0 Å². The van der Waals surface area contributed by atoms with Crippen LogP contribution < -0.4 is 10.5 Å². The monoisotopic (exact) mass is 232 g/mol. The van der Waals surface area contributed by atoms with Crippen molar-refractivity contribution in [3.05, 3.63) is 30.1 Å². The van der Waals surface area contributed by atoms with E-state index in [4.69, 9.17) is 10.5 Å². The van der Waals surface area contributed by atoms with Gasteiger partial charge in [-0.25, -0.2) is 4.98 Å². The second-order valence-corrected chi connectivity index (χ2v) is 3.64. The van der Waals surface area contributed by atoms with E-state index < -0.39 is 0 Å². The smallest absolute Gasteiger partial charge is 0.181 e. The molecule has 17 heavy (non-hydrogen) atoms. The zero-order valence-electron chi connectivity index (χ0n) is 10.1. The van der Waals surface area contributed by atoms with Crippen LogP contribution in [0.4, 0.5) is 0 Å². The number of aryl methyl sites for hydroxylation is 1. The molecule has 0 fully saturated rings. The van der Waals surface area contributed by atoms with Gasteiger partial charge in [-0.3, -0.25) is 4.68 Å². The maximum atomic E-state index is 5.56. The first kappa shape index (κ1) is 11.6. The molecule has 5 nitrogen and oxygen atoms in total. The Morgan fingerprint density at radius 1 is 1.29 bits per heavy atom. The Labute approximate surface area is 100 Å². The van der Waals surface area contributed by atoms with Crippen molar-refractivity contribution in [2.75, 3.05) is 6.61 Å². The molecule has 0 atom stereocenters. The lowest BCUT2D eigenvalue weighted by Gasteiger charge is -2.02. The summed E-state index contributed by atoms with van der Waals surface area (Å²) in [6.07, 6.45) is 0. The molecule has 2 aromatic rings. The van der Waals surface area contributed by atoms with Gasteiger partial charge in [-0.15, -0.1) is 0 Å². The molecule has 2 rings (SSSR count). The van der Waals surface area contributed by atoms with Crippen molar-refractivity contribution in [1.82, 2.24) is 14.8 Å². The molecule has 1 aromatic carbocycles. The van der Waals surface area contributed by atoms with Crippen molar-refractivity contribution in [2.45, 2.75) is 13.5 Å². The van der Waals surface area contributed by atoms with E-state index in [-0.39, 0.29) is 0 Å². The molecule has 0 bridgehead atoms. The number of nitrogens with zero attached hydrogens (tertiary/aromatic N) is 3. The zero-order valence-corrected chi connectivity index (χ0v) is 10.1. The van der Waals surface area contributed by atoms with Crippen LogP contribution in [-0.4, -0.2) is 21.4 Å². The molecule has 1 aromatic heterocycles. The van der Waals surface area contributed by atoms with E-state index >= 15 is 0 Å². The van der Waals surface area contributed by atoms with Gasteiger partial charge in [0.25, 0.3) is 0 Å². The van der Waals surface area contributed by atoms with Gasteiger partial charge in [0.2, 0.25) is 0 Å². The third-order valence-corrected chi connectivity index (χ3v) is 2.46. The summed E-state index contributed by atoms with van der Waals surface area (Å²) in [6, 6.07) is 7.72. The number of ether oxygens (including phenoxy) is 1. The van der Waals surface area contributed by atoms with Gasteiger partial charge < -0.3 is 10.5 Å². The highest BCUT2D eigenvalue weighted by molar-refractivity contribution is 5.55. The average Bonchev–Trinajstić information content (AvgIpc) is 2.72. The van der Waals surface area contributed by atoms with E-state index in [1.807, 2.05) is 38.2 Å². The summed E-state index contributed by atoms with van der Waals surface area (Å²) in [5.41, 5.74) is 6.52. The Morgan fingerprint density at radius 3 is 2.53 bits per heavy atom. The molecule has 90 valence electrons. The number of nitrogens with two attached hydrogens (primary N) is 1. The number of hydrogen-bond donors (Lipinski definition) is 1. The number of hydrogen-bond acceptors (Lipinski definition) is 4. The Kier molecular flexibility index (Phi) is 3.39. The minimum atomic E-state index is 0.389. The van der Waals surface area contributed by atoms with Gasteiger partial charge in [-0.05, 0) is 31.2 Å². The summed E-state index contributed by atoms with van der Waals surface area (Å²) in [4.78, 5) is 4.36. The van der Waals surface area contributed by atoms with E-state index in [1.54, 1.807) is 4.68 Å². The summed E-state index contributed by atoms with van der Waals surface area (Å²) in [6.45, 7) is 3.01. The number of rotatable bonds is 4. The van der Waals surface area contributed by atoms with Crippen LogP contribution in [0.3, 0.4) is 0 Å². The molecule has 0 aliphatic heterocycles.